The molecule has 0 unspecified atom stereocenters. The fourth-order valence-electron chi connectivity index (χ4n) is 1.26. The van der Waals surface area contributed by atoms with E-state index >= 15 is 0 Å². The number of aromatic nitrogens is 2. The molecule has 0 spiro atoms. The lowest BCUT2D eigenvalue weighted by Gasteiger charge is -2.00. The average molecular weight is 198 g/mol. The van der Waals surface area contributed by atoms with E-state index in [4.69, 9.17) is 5.11 Å². The van der Waals surface area contributed by atoms with Gasteiger partial charge in [0.2, 0.25) is 0 Å². The quantitative estimate of drug-likeness (QED) is 0.699. The first-order valence-corrected chi connectivity index (χ1v) is 4.60. The Bertz CT molecular complexity index is 475. The monoisotopic (exact) mass is 198 g/mol. The fourth-order valence-corrected chi connectivity index (χ4v) is 1.26. The number of nitrogens with zero attached hydrogens (tertiary/aromatic N) is 2. The van der Waals surface area contributed by atoms with Crippen LogP contribution >= 0.6 is 0 Å². The van der Waals surface area contributed by atoms with Crippen molar-refractivity contribution in [2.75, 3.05) is 6.61 Å². The van der Waals surface area contributed by atoms with E-state index < -0.39 is 0 Å². The predicted octanol–water partition coefficient (Wildman–Crippen LogP) is 1.22. The van der Waals surface area contributed by atoms with E-state index in [1.165, 1.54) is 0 Å². The van der Waals surface area contributed by atoms with Gasteiger partial charge in [0, 0.05) is 18.0 Å². The molecule has 2 aromatic rings. The van der Waals surface area contributed by atoms with Crippen molar-refractivity contribution in [2.45, 2.75) is 0 Å². The average Bonchev–Trinajstić information content (AvgIpc) is 2.80. The molecule has 0 atom stereocenters. The van der Waals surface area contributed by atoms with Crippen LogP contribution in [0.4, 0.5) is 0 Å². The third-order valence-electron chi connectivity index (χ3n) is 1.95. The molecule has 1 aromatic heterocycles. The highest BCUT2D eigenvalue weighted by Gasteiger charge is 1.94. The van der Waals surface area contributed by atoms with Gasteiger partial charge in [-0.3, -0.25) is 0 Å². The molecule has 2 rings (SSSR count). The number of hydrogen-bond acceptors (Lipinski definition) is 2. The first-order valence-electron chi connectivity index (χ1n) is 4.60. The smallest absolute Gasteiger partial charge is 0.104 e. The Hall–Kier alpha value is -2.05. The second-order valence-corrected chi connectivity index (χ2v) is 2.96. The third kappa shape index (κ3) is 2.25. The molecule has 0 radical (unpaired) electrons. The summed E-state index contributed by atoms with van der Waals surface area (Å²) in [7, 11) is 0. The molecule has 0 bridgehead atoms. The standard InChI is InChI=1S/C12H10N2O/c15-10-1-3-11-4-6-12(7-5-11)14-9-2-8-13-14/h2,4-9,15H,10H2. The number of benzene rings is 1. The minimum absolute atomic E-state index is 0.110. The van der Waals surface area contributed by atoms with Crippen LogP contribution in [0.25, 0.3) is 5.69 Å². The molecule has 3 nitrogen and oxygen atoms in total. The Morgan fingerprint density at radius 1 is 1.27 bits per heavy atom. The maximum atomic E-state index is 8.54. The highest BCUT2D eigenvalue weighted by molar-refractivity contribution is 5.41. The highest BCUT2D eigenvalue weighted by Crippen LogP contribution is 2.07. The Kier molecular flexibility index (Phi) is 2.82. The zero-order valence-electron chi connectivity index (χ0n) is 8.09. The zero-order chi connectivity index (χ0) is 10.5. The van der Waals surface area contributed by atoms with Gasteiger partial charge in [-0.05, 0) is 30.3 Å². The van der Waals surface area contributed by atoms with Crippen molar-refractivity contribution in [3.05, 3.63) is 48.3 Å². The molecular formula is C12H10N2O. The van der Waals surface area contributed by atoms with Gasteiger partial charge in [-0.1, -0.05) is 11.8 Å². The molecule has 0 saturated heterocycles. The number of hydrogen-bond donors (Lipinski definition) is 1. The fraction of sp³-hybridized carbons (Fsp3) is 0.0833. The minimum atomic E-state index is -0.110. The van der Waals surface area contributed by atoms with Crippen molar-refractivity contribution in [1.82, 2.24) is 9.78 Å². The van der Waals surface area contributed by atoms with Crippen LogP contribution in [0.1, 0.15) is 5.56 Å². The first-order chi connectivity index (χ1) is 7.40. The second-order valence-electron chi connectivity index (χ2n) is 2.96. The molecule has 74 valence electrons. The topological polar surface area (TPSA) is 38.0 Å². The van der Waals surface area contributed by atoms with E-state index in [0.29, 0.717) is 0 Å². The normalized spacial score (nSPS) is 9.40. The van der Waals surface area contributed by atoms with Crippen LogP contribution in [-0.2, 0) is 0 Å². The predicted molar refractivity (Wildman–Crippen MR) is 57.5 cm³/mol. The molecular weight excluding hydrogens is 188 g/mol. The summed E-state index contributed by atoms with van der Waals surface area (Å²) in [5.41, 5.74) is 1.88. The van der Waals surface area contributed by atoms with Crippen LogP contribution in [0, 0.1) is 11.8 Å². The van der Waals surface area contributed by atoms with Crippen molar-refractivity contribution >= 4 is 0 Å². The highest BCUT2D eigenvalue weighted by atomic mass is 16.2. The summed E-state index contributed by atoms with van der Waals surface area (Å²) in [5, 5.41) is 12.7. The van der Waals surface area contributed by atoms with E-state index in [0.717, 1.165) is 11.3 Å². The summed E-state index contributed by atoms with van der Waals surface area (Å²) in [6.07, 6.45) is 3.62. The molecule has 0 fully saturated rings. The van der Waals surface area contributed by atoms with Crippen LogP contribution in [0.5, 0.6) is 0 Å². The molecule has 0 amide bonds. The number of rotatable bonds is 1. The van der Waals surface area contributed by atoms with Crippen molar-refractivity contribution in [1.29, 1.82) is 0 Å². The van der Waals surface area contributed by atoms with Crippen molar-refractivity contribution in [2.24, 2.45) is 0 Å². The molecule has 3 heteroatoms. The summed E-state index contributed by atoms with van der Waals surface area (Å²) in [6.45, 7) is -0.110. The lowest BCUT2D eigenvalue weighted by Crippen LogP contribution is -1.93. The van der Waals surface area contributed by atoms with Crippen molar-refractivity contribution < 1.29 is 5.11 Å². The maximum Gasteiger partial charge on any atom is 0.104 e. The molecule has 0 aliphatic heterocycles. The van der Waals surface area contributed by atoms with Crippen LogP contribution in [0.15, 0.2) is 42.7 Å². The molecule has 1 aromatic carbocycles. The Balaban J connectivity index is 2.25. The van der Waals surface area contributed by atoms with Gasteiger partial charge in [0.1, 0.15) is 6.61 Å². The van der Waals surface area contributed by atoms with Gasteiger partial charge in [-0.25, -0.2) is 4.68 Å². The van der Waals surface area contributed by atoms with E-state index in [2.05, 4.69) is 16.9 Å². The van der Waals surface area contributed by atoms with E-state index in [1.54, 1.807) is 10.9 Å². The largest absolute Gasteiger partial charge is 0.384 e. The van der Waals surface area contributed by atoms with Gasteiger partial charge in [-0.2, -0.15) is 5.10 Å². The summed E-state index contributed by atoms with van der Waals surface area (Å²) >= 11 is 0. The van der Waals surface area contributed by atoms with Gasteiger partial charge in [0.15, 0.2) is 0 Å². The Morgan fingerprint density at radius 2 is 2.07 bits per heavy atom. The first kappa shape index (κ1) is 9.50. The van der Waals surface area contributed by atoms with Crippen LogP contribution in [-0.4, -0.2) is 21.5 Å². The van der Waals surface area contributed by atoms with Crippen molar-refractivity contribution in [3.8, 4) is 17.5 Å². The van der Waals surface area contributed by atoms with Gasteiger partial charge in [-0.15, -0.1) is 0 Å². The number of aliphatic hydroxyl groups excluding tert-OH is 1. The van der Waals surface area contributed by atoms with Crippen LogP contribution in [0.3, 0.4) is 0 Å². The van der Waals surface area contributed by atoms with E-state index in [9.17, 15) is 0 Å². The second kappa shape index (κ2) is 4.45. The van der Waals surface area contributed by atoms with Gasteiger partial charge < -0.3 is 5.11 Å². The lowest BCUT2D eigenvalue weighted by molar-refractivity contribution is 0.350. The molecule has 1 N–H and O–H groups in total. The molecule has 0 saturated carbocycles. The minimum Gasteiger partial charge on any atom is -0.384 e. The SMILES string of the molecule is OCC#Cc1ccc(-n2cccn2)cc1. The summed E-state index contributed by atoms with van der Waals surface area (Å²) in [5.74, 6) is 5.44. The van der Waals surface area contributed by atoms with Crippen molar-refractivity contribution in [3.63, 3.8) is 0 Å². The van der Waals surface area contributed by atoms with E-state index in [-0.39, 0.29) is 6.61 Å². The summed E-state index contributed by atoms with van der Waals surface area (Å²) in [4.78, 5) is 0. The van der Waals surface area contributed by atoms with Gasteiger partial charge in [0.25, 0.3) is 0 Å². The third-order valence-corrected chi connectivity index (χ3v) is 1.95. The molecule has 0 aliphatic rings. The lowest BCUT2D eigenvalue weighted by atomic mass is 10.2. The Labute approximate surface area is 88.0 Å². The zero-order valence-corrected chi connectivity index (χ0v) is 8.09. The molecule has 15 heavy (non-hydrogen) atoms. The Morgan fingerprint density at radius 3 is 2.67 bits per heavy atom. The van der Waals surface area contributed by atoms with Gasteiger partial charge in [0.05, 0.1) is 5.69 Å². The molecule has 1 heterocycles. The van der Waals surface area contributed by atoms with Crippen LogP contribution in [0.2, 0.25) is 0 Å². The summed E-state index contributed by atoms with van der Waals surface area (Å²) in [6, 6.07) is 9.56. The van der Waals surface area contributed by atoms with E-state index in [1.807, 2.05) is 36.5 Å². The van der Waals surface area contributed by atoms with Crippen LogP contribution < -0.4 is 0 Å². The maximum absolute atomic E-state index is 8.54. The number of aliphatic hydroxyl groups is 1. The molecule has 0 aliphatic carbocycles. The van der Waals surface area contributed by atoms with Gasteiger partial charge >= 0.3 is 0 Å². The summed E-state index contributed by atoms with van der Waals surface area (Å²) < 4.78 is 1.78.